The van der Waals surface area contributed by atoms with Crippen molar-refractivity contribution in [3.63, 3.8) is 0 Å². The number of carbonyl (C=O) groups excluding carboxylic acids is 1. The van der Waals surface area contributed by atoms with E-state index in [9.17, 15) is 4.79 Å². The van der Waals surface area contributed by atoms with Gasteiger partial charge in [0.2, 0.25) is 5.91 Å². The fraction of sp³-hybridized carbons (Fsp3) is 0.938. The highest BCUT2D eigenvalue weighted by Gasteiger charge is 2.26. The van der Waals surface area contributed by atoms with Gasteiger partial charge in [0.05, 0.1) is 6.54 Å². The third-order valence-corrected chi connectivity index (χ3v) is 5.09. The summed E-state index contributed by atoms with van der Waals surface area (Å²) in [6.07, 6.45) is 8.66. The van der Waals surface area contributed by atoms with Crippen LogP contribution in [0.15, 0.2) is 0 Å². The Morgan fingerprint density at radius 3 is 2.30 bits per heavy atom. The molecular formula is C16H31N3O. The molecule has 2 fully saturated rings. The first-order valence-corrected chi connectivity index (χ1v) is 8.42. The Bertz CT molecular complexity index is 296. The summed E-state index contributed by atoms with van der Waals surface area (Å²) < 4.78 is 0. The summed E-state index contributed by atoms with van der Waals surface area (Å²) in [7, 11) is 2.01. The molecule has 0 atom stereocenters. The van der Waals surface area contributed by atoms with Crippen LogP contribution in [0.1, 0.15) is 51.9 Å². The maximum Gasteiger partial charge on any atom is 0.236 e. The second-order valence-corrected chi connectivity index (χ2v) is 6.34. The topological polar surface area (TPSA) is 35.6 Å². The smallest absolute Gasteiger partial charge is 0.236 e. The van der Waals surface area contributed by atoms with Crippen molar-refractivity contribution in [1.29, 1.82) is 0 Å². The molecule has 0 aromatic heterocycles. The molecule has 4 heteroatoms. The molecular weight excluding hydrogens is 250 g/mol. The average molecular weight is 281 g/mol. The lowest BCUT2D eigenvalue weighted by atomic mass is 9.94. The minimum atomic E-state index is 0.317. The first kappa shape index (κ1) is 15.8. The van der Waals surface area contributed by atoms with Crippen LogP contribution in [0.4, 0.5) is 0 Å². The van der Waals surface area contributed by atoms with Gasteiger partial charge in [-0.25, -0.2) is 0 Å². The van der Waals surface area contributed by atoms with Crippen LogP contribution in [0.25, 0.3) is 0 Å². The van der Waals surface area contributed by atoms with Crippen LogP contribution in [-0.4, -0.2) is 61.0 Å². The van der Waals surface area contributed by atoms with Crippen molar-refractivity contribution in [2.45, 2.75) is 64.0 Å². The van der Waals surface area contributed by atoms with Gasteiger partial charge in [0, 0.05) is 19.1 Å². The molecule has 1 N–H and O–H groups in total. The zero-order chi connectivity index (χ0) is 14.4. The molecule has 0 aromatic rings. The van der Waals surface area contributed by atoms with E-state index >= 15 is 0 Å². The van der Waals surface area contributed by atoms with Gasteiger partial charge >= 0.3 is 0 Å². The Hall–Kier alpha value is -0.610. The highest BCUT2D eigenvalue weighted by atomic mass is 16.2. The number of hydrogen-bond acceptors (Lipinski definition) is 3. The van der Waals surface area contributed by atoms with Crippen LogP contribution in [0.3, 0.4) is 0 Å². The van der Waals surface area contributed by atoms with Gasteiger partial charge in [-0.05, 0) is 45.3 Å². The third-order valence-electron chi connectivity index (χ3n) is 5.09. The minimum absolute atomic E-state index is 0.317. The van der Waals surface area contributed by atoms with E-state index in [1.54, 1.807) is 0 Å². The van der Waals surface area contributed by atoms with E-state index < -0.39 is 0 Å². The van der Waals surface area contributed by atoms with Crippen molar-refractivity contribution in [1.82, 2.24) is 15.1 Å². The molecule has 2 aliphatic rings. The summed E-state index contributed by atoms with van der Waals surface area (Å²) in [6, 6.07) is 1.08. The Kier molecular flexibility index (Phi) is 6.30. The van der Waals surface area contributed by atoms with Crippen molar-refractivity contribution in [3.05, 3.63) is 0 Å². The van der Waals surface area contributed by atoms with Crippen LogP contribution in [0.5, 0.6) is 0 Å². The van der Waals surface area contributed by atoms with E-state index in [-0.39, 0.29) is 0 Å². The molecule has 1 saturated carbocycles. The largest absolute Gasteiger partial charge is 0.342 e. The number of piperidine rings is 1. The SMILES string of the molecule is CCN(CC(=O)N(C)C1CCCCC1)C1CCNCC1. The lowest BCUT2D eigenvalue weighted by Gasteiger charge is -2.36. The minimum Gasteiger partial charge on any atom is -0.342 e. The van der Waals surface area contributed by atoms with Crippen molar-refractivity contribution in [3.8, 4) is 0 Å². The molecule has 1 saturated heterocycles. The number of carbonyl (C=O) groups is 1. The standard InChI is InChI=1S/C16H31N3O/c1-3-19(15-9-11-17-12-10-15)13-16(20)18(2)14-7-5-4-6-8-14/h14-15,17H,3-13H2,1-2H3. The molecule has 0 unspecified atom stereocenters. The second kappa shape index (κ2) is 7.99. The monoisotopic (exact) mass is 281 g/mol. The molecule has 0 aromatic carbocycles. The Morgan fingerprint density at radius 2 is 1.70 bits per heavy atom. The predicted molar refractivity (Wildman–Crippen MR) is 82.8 cm³/mol. The van der Waals surface area contributed by atoms with Crippen LogP contribution >= 0.6 is 0 Å². The van der Waals surface area contributed by atoms with Gasteiger partial charge in [0.1, 0.15) is 0 Å². The highest BCUT2D eigenvalue weighted by Crippen LogP contribution is 2.22. The van der Waals surface area contributed by atoms with E-state index in [1.165, 1.54) is 44.9 Å². The first-order valence-electron chi connectivity index (χ1n) is 8.42. The van der Waals surface area contributed by atoms with E-state index in [1.807, 2.05) is 11.9 Å². The van der Waals surface area contributed by atoms with Gasteiger partial charge in [-0.15, -0.1) is 0 Å². The maximum atomic E-state index is 12.5. The van der Waals surface area contributed by atoms with Crippen LogP contribution in [0, 0.1) is 0 Å². The van der Waals surface area contributed by atoms with Crippen LogP contribution in [-0.2, 0) is 4.79 Å². The van der Waals surface area contributed by atoms with E-state index in [0.29, 0.717) is 24.5 Å². The predicted octanol–water partition coefficient (Wildman–Crippen LogP) is 1.85. The fourth-order valence-electron chi connectivity index (χ4n) is 3.63. The molecule has 4 nitrogen and oxygen atoms in total. The molecule has 1 amide bonds. The van der Waals surface area contributed by atoms with Gasteiger partial charge < -0.3 is 10.2 Å². The molecule has 0 bridgehead atoms. The zero-order valence-corrected chi connectivity index (χ0v) is 13.2. The lowest BCUT2D eigenvalue weighted by molar-refractivity contribution is -0.134. The molecule has 0 radical (unpaired) electrons. The van der Waals surface area contributed by atoms with E-state index in [2.05, 4.69) is 17.1 Å². The molecule has 0 spiro atoms. The quantitative estimate of drug-likeness (QED) is 0.835. The summed E-state index contributed by atoms with van der Waals surface area (Å²) in [5.74, 6) is 0.317. The molecule has 116 valence electrons. The highest BCUT2D eigenvalue weighted by molar-refractivity contribution is 5.78. The molecule has 1 aliphatic carbocycles. The summed E-state index contributed by atoms with van der Waals surface area (Å²) in [4.78, 5) is 16.9. The Morgan fingerprint density at radius 1 is 1.05 bits per heavy atom. The number of amides is 1. The van der Waals surface area contributed by atoms with Crippen molar-refractivity contribution >= 4 is 5.91 Å². The van der Waals surface area contributed by atoms with Crippen molar-refractivity contribution < 1.29 is 4.79 Å². The summed E-state index contributed by atoms with van der Waals surface area (Å²) in [5.41, 5.74) is 0. The third kappa shape index (κ3) is 4.19. The maximum absolute atomic E-state index is 12.5. The summed E-state index contributed by atoms with van der Waals surface area (Å²) >= 11 is 0. The lowest BCUT2D eigenvalue weighted by Crippen LogP contribution is -2.49. The van der Waals surface area contributed by atoms with Crippen LogP contribution in [0.2, 0.25) is 0 Å². The van der Waals surface area contributed by atoms with Crippen molar-refractivity contribution in [2.24, 2.45) is 0 Å². The van der Waals surface area contributed by atoms with Crippen LogP contribution < -0.4 is 5.32 Å². The Labute approximate surface area is 123 Å². The molecule has 20 heavy (non-hydrogen) atoms. The van der Waals surface area contributed by atoms with Gasteiger partial charge in [-0.2, -0.15) is 0 Å². The fourth-order valence-corrected chi connectivity index (χ4v) is 3.63. The number of nitrogens with zero attached hydrogens (tertiary/aromatic N) is 2. The van der Waals surface area contributed by atoms with Gasteiger partial charge in [0.15, 0.2) is 0 Å². The average Bonchev–Trinajstić information content (AvgIpc) is 2.53. The summed E-state index contributed by atoms with van der Waals surface area (Å²) in [6.45, 7) is 5.95. The van der Waals surface area contributed by atoms with Gasteiger partial charge in [-0.1, -0.05) is 26.2 Å². The van der Waals surface area contributed by atoms with Gasteiger partial charge in [0.25, 0.3) is 0 Å². The molecule has 1 aliphatic heterocycles. The number of rotatable bonds is 5. The zero-order valence-electron chi connectivity index (χ0n) is 13.2. The Balaban J connectivity index is 1.83. The normalized spacial score (nSPS) is 22.1. The van der Waals surface area contributed by atoms with E-state index in [4.69, 9.17) is 0 Å². The molecule has 1 heterocycles. The first-order chi connectivity index (χ1) is 9.72. The van der Waals surface area contributed by atoms with Crippen molar-refractivity contribution in [2.75, 3.05) is 33.2 Å². The van der Waals surface area contributed by atoms with E-state index in [0.717, 1.165) is 19.6 Å². The number of nitrogens with one attached hydrogen (secondary N) is 1. The number of hydrogen-bond donors (Lipinski definition) is 1. The molecule has 2 rings (SSSR count). The van der Waals surface area contributed by atoms with Gasteiger partial charge in [-0.3, -0.25) is 9.69 Å². The summed E-state index contributed by atoms with van der Waals surface area (Å²) in [5, 5.41) is 3.40. The number of likely N-dealkylation sites (N-methyl/N-ethyl adjacent to an activating group) is 2. The second-order valence-electron chi connectivity index (χ2n) is 6.34.